The topological polar surface area (TPSA) is 48.1 Å². The fourth-order valence-corrected chi connectivity index (χ4v) is 2.19. The molecule has 3 rings (SSSR count). The molecule has 3 nitrogen and oxygen atoms in total. The molecule has 0 fully saturated rings. The van der Waals surface area contributed by atoms with Gasteiger partial charge in [-0.1, -0.05) is 30.3 Å². The first-order valence-corrected chi connectivity index (χ1v) is 6.01. The van der Waals surface area contributed by atoms with Crippen LogP contribution in [0.2, 0.25) is 0 Å². The van der Waals surface area contributed by atoms with Gasteiger partial charge in [0.2, 0.25) is 0 Å². The first kappa shape index (κ1) is 10.8. The number of anilines is 1. The normalized spacial score (nSPS) is 10.9. The smallest absolute Gasteiger partial charge is 0.145 e. The van der Waals surface area contributed by atoms with E-state index in [4.69, 9.17) is 10.5 Å². The fraction of sp³-hybridized carbons (Fsp3) is 0.133. The third-order valence-corrected chi connectivity index (χ3v) is 3.02. The number of pyridine rings is 1. The highest BCUT2D eigenvalue weighted by Crippen LogP contribution is 2.32. The Hall–Kier alpha value is -2.29. The Morgan fingerprint density at radius 2 is 1.83 bits per heavy atom. The average Bonchev–Trinajstić information content (AvgIpc) is 2.40. The van der Waals surface area contributed by atoms with Crippen molar-refractivity contribution in [2.45, 2.75) is 6.92 Å². The summed E-state index contributed by atoms with van der Waals surface area (Å²) in [5.74, 6) is 0.785. The molecule has 0 unspecified atom stereocenters. The van der Waals surface area contributed by atoms with Crippen molar-refractivity contribution in [3.8, 4) is 5.75 Å². The Morgan fingerprint density at radius 1 is 1.06 bits per heavy atom. The van der Waals surface area contributed by atoms with Crippen LogP contribution in [0.3, 0.4) is 0 Å². The average molecular weight is 238 g/mol. The van der Waals surface area contributed by atoms with Gasteiger partial charge < -0.3 is 10.5 Å². The van der Waals surface area contributed by atoms with Crippen LogP contribution in [-0.2, 0) is 0 Å². The number of fused-ring (bicyclic) bond motifs is 2. The summed E-state index contributed by atoms with van der Waals surface area (Å²) in [6, 6.07) is 13.7. The van der Waals surface area contributed by atoms with Crippen molar-refractivity contribution in [3.63, 3.8) is 0 Å². The van der Waals surface area contributed by atoms with Gasteiger partial charge >= 0.3 is 0 Å². The molecule has 18 heavy (non-hydrogen) atoms. The first-order valence-electron chi connectivity index (χ1n) is 6.01. The summed E-state index contributed by atoms with van der Waals surface area (Å²) >= 11 is 0. The van der Waals surface area contributed by atoms with Crippen LogP contribution >= 0.6 is 0 Å². The Kier molecular flexibility index (Phi) is 2.52. The van der Waals surface area contributed by atoms with Gasteiger partial charge in [0.05, 0.1) is 17.8 Å². The molecule has 2 aromatic carbocycles. The van der Waals surface area contributed by atoms with Crippen molar-refractivity contribution in [3.05, 3.63) is 42.5 Å². The molecule has 0 saturated heterocycles. The van der Waals surface area contributed by atoms with Crippen LogP contribution < -0.4 is 10.5 Å². The van der Waals surface area contributed by atoms with Crippen molar-refractivity contribution in [1.29, 1.82) is 0 Å². The van der Waals surface area contributed by atoms with Gasteiger partial charge in [-0.25, -0.2) is 4.98 Å². The molecule has 1 heterocycles. The number of aromatic nitrogens is 1. The second kappa shape index (κ2) is 4.18. The molecule has 1 aromatic heterocycles. The maximum absolute atomic E-state index is 6.22. The van der Waals surface area contributed by atoms with Gasteiger partial charge in [-0.05, 0) is 19.1 Å². The van der Waals surface area contributed by atoms with E-state index in [-0.39, 0.29) is 0 Å². The summed E-state index contributed by atoms with van der Waals surface area (Å²) in [5.41, 5.74) is 8.71. The number of nitrogens with zero attached hydrogens (tertiary/aromatic N) is 1. The van der Waals surface area contributed by atoms with Crippen LogP contribution in [0.4, 0.5) is 5.69 Å². The molecule has 3 heteroatoms. The predicted octanol–water partition coefficient (Wildman–Crippen LogP) is 3.37. The molecule has 0 aliphatic rings. The molecule has 2 N–H and O–H groups in total. The van der Waals surface area contributed by atoms with Crippen molar-refractivity contribution in [1.82, 2.24) is 4.98 Å². The van der Waals surface area contributed by atoms with Gasteiger partial charge in [0.25, 0.3) is 0 Å². The number of hydrogen-bond donors (Lipinski definition) is 1. The number of rotatable bonds is 2. The maximum Gasteiger partial charge on any atom is 0.145 e. The Bertz CT molecular complexity index is 722. The van der Waals surface area contributed by atoms with E-state index in [9.17, 15) is 0 Å². The lowest BCUT2D eigenvalue weighted by Crippen LogP contribution is -1.97. The molecule has 0 atom stereocenters. The predicted molar refractivity (Wildman–Crippen MR) is 74.8 cm³/mol. The monoisotopic (exact) mass is 238 g/mol. The highest BCUT2D eigenvalue weighted by molar-refractivity contribution is 6.07. The van der Waals surface area contributed by atoms with E-state index in [1.807, 2.05) is 49.4 Å². The number of nitrogens with two attached hydrogens (primary N) is 1. The summed E-state index contributed by atoms with van der Waals surface area (Å²) in [7, 11) is 0. The summed E-state index contributed by atoms with van der Waals surface area (Å²) in [5, 5.41) is 1.93. The molecule has 3 aromatic rings. The molecule has 90 valence electrons. The number of ether oxygens (including phenoxy) is 1. The van der Waals surface area contributed by atoms with E-state index in [0.717, 1.165) is 33.2 Å². The number of nitrogen functional groups attached to an aromatic ring is 1. The van der Waals surface area contributed by atoms with E-state index in [0.29, 0.717) is 6.61 Å². The van der Waals surface area contributed by atoms with Crippen LogP contribution in [-0.4, -0.2) is 11.6 Å². The Labute approximate surface area is 105 Å². The van der Waals surface area contributed by atoms with Gasteiger partial charge in [0.15, 0.2) is 0 Å². The first-order chi connectivity index (χ1) is 8.81. The fourth-order valence-electron chi connectivity index (χ4n) is 2.19. The highest BCUT2D eigenvalue weighted by Gasteiger charge is 2.09. The maximum atomic E-state index is 6.22. The van der Waals surface area contributed by atoms with Crippen LogP contribution in [0.25, 0.3) is 21.8 Å². The second-order valence-corrected chi connectivity index (χ2v) is 4.13. The second-order valence-electron chi connectivity index (χ2n) is 4.13. The standard InChI is InChI=1S/C15H14N2O/c1-2-18-13-9-5-7-11-14(16)10-6-3-4-8-12(10)17-15(11)13/h3-9H,2H2,1H3,(H2,16,17). The lowest BCUT2D eigenvalue weighted by Gasteiger charge is -2.10. The summed E-state index contributed by atoms with van der Waals surface area (Å²) in [6.07, 6.45) is 0. The molecule has 0 amide bonds. The van der Waals surface area contributed by atoms with Crippen LogP contribution in [0.1, 0.15) is 6.92 Å². The minimum atomic E-state index is 0.619. The minimum Gasteiger partial charge on any atom is -0.492 e. The zero-order chi connectivity index (χ0) is 12.5. The molecule has 0 saturated carbocycles. The zero-order valence-electron chi connectivity index (χ0n) is 10.2. The zero-order valence-corrected chi connectivity index (χ0v) is 10.2. The lowest BCUT2D eigenvalue weighted by molar-refractivity contribution is 0.343. The van der Waals surface area contributed by atoms with Crippen molar-refractivity contribution in [2.75, 3.05) is 12.3 Å². The summed E-state index contributed by atoms with van der Waals surface area (Å²) in [6.45, 7) is 2.58. The van der Waals surface area contributed by atoms with E-state index in [2.05, 4.69) is 4.98 Å². The lowest BCUT2D eigenvalue weighted by atomic mass is 10.1. The quantitative estimate of drug-likeness (QED) is 0.696. The SMILES string of the molecule is CCOc1cccc2c(N)c3ccccc3nc12. The van der Waals surface area contributed by atoms with Crippen LogP contribution in [0, 0.1) is 0 Å². The van der Waals surface area contributed by atoms with Crippen LogP contribution in [0.15, 0.2) is 42.5 Å². The van der Waals surface area contributed by atoms with Crippen molar-refractivity contribution < 1.29 is 4.74 Å². The van der Waals surface area contributed by atoms with Gasteiger partial charge in [-0.3, -0.25) is 0 Å². The number of hydrogen-bond acceptors (Lipinski definition) is 3. The van der Waals surface area contributed by atoms with Crippen LogP contribution in [0.5, 0.6) is 5.75 Å². The van der Waals surface area contributed by atoms with Gasteiger partial charge in [0, 0.05) is 10.8 Å². The summed E-state index contributed by atoms with van der Waals surface area (Å²) < 4.78 is 5.60. The molecular weight excluding hydrogens is 224 g/mol. The Balaban J connectivity index is 2.43. The number of benzene rings is 2. The van der Waals surface area contributed by atoms with Crippen molar-refractivity contribution in [2.24, 2.45) is 0 Å². The molecule has 0 radical (unpaired) electrons. The summed E-state index contributed by atoms with van der Waals surface area (Å²) in [4.78, 5) is 4.65. The van der Waals surface area contributed by atoms with E-state index < -0.39 is 0 Å². The van der Waals surface area contributed by atoms with Crippen molar-refractivity contribution >= 4 is 27.5 Å². The third-order valence-electron chi connectivity index (χ3n) is 3.02. The molecule has 0 aliphatic heterocycles. The molecule has 0 aliphatic carbocycles. The Morgan fingerprint density at radius 3 is 2.67 bits per heavy atom. The number of para-hydroxylation sites is 2. The van der Waals surface area contributed by atoms with Gasteiger partial charge in [-0.15, -0.1) is 0 Å². The molecule has 0 bridgehead atoms. The minimum absolute atomic E-state index is 0.619. The molecular formula is C15H14N2O. The van der Waals surface area contributed by atoms with Gasteiger partial charge in [0.1, 0.15) is 11.3 Å². The third kappa shape index (κ3) is 1.56. The van der Waals surface area contributed by atoms with E-state index in [1.165, 1.54) is 0 Å². The van der Waals surface area contributed by atoms with Gasteiger partial charge in [-0.2, -0.15) is 0 Å². The highest BCUT2D eigenvalue weighted by atomic mass is 16.5. The van der Waals surface area contributed by atoms with E-state index in [1.54, 1.807) is 0 Å². The largest absolute Gasteiger partial charge is 0.492 e. The van der Waals surface area contributed by atoms with E-state index >= 15 is 0 Å². The molecule has 0 spiro atoms.